The maximum absolute atomic E-state index is 13.0. The quantitative estimate of drug-likeness (QED) is 0.708. The Morgan fingerprint density at radius 3 is 2.24 bits per heavy atom. The van der Waals surface area contributed by atoms with Gasteiger partial charge in [0.25, 0.3) is 5.92 Å². The summed E-state index contributed by atoms with van der Waals surface area (Å²) in [5, 5.41) is 0. The van der Waals surface area contributed by atoms with E-state index >= 15 is 0 Å². The van der Waals surface area contributed by atoms with Gasteiger partial charge < -0.3 is 4.90 Å². The van der Waals surface area contributed by atoms with Gasteiger partial charge in [0.15, 0.2) is 0 Å². The molecular weight excluding hydrogens is 228 g/mol. The van der Waals surface area contributed by atoms with Crippen LogP contribution in [-0.4, -0.2) is 35.6 Å². The fraction of sp³-hybridized carbons (Fsp3) is 0.833. The smallest absolute Gasteiger partial charge is 0.251 e. The summed E-state index contributed by atoms with van der Waals surface area (Å²) in [7, 11) is 0. The van der Waals surface area contributed by atoms with Crippen LogP contribution >= 0.6 is 0 Å². The van der Waals surface area contributed by atoms with Crippen LogP contribution in [0.4, 0.5) is 8.78 Å². The van der Waals surface area contributed by atoms with E-state index in [1.807, 2.05) is 0 Å². The highest BCUT2D eigenvalue weighted by atomic mass is 19.3. The number of hydrogen-bond donors (Lipinski definition) is 0. The summed E-state index contributed by atoms with van der Waals surface area (Å²) in [6, 6.07) is 0. The zero-order valence-electron chi connectivity index (χ0n) is 9.75. The normalized spacial score (nSPS) is 26.0. The third-order valence-electron chi connectivity index (χ3n) is 3.70. The van der Waals surface area contributed by atoms with E-state index in [0.29, 0.717) is 25.7 Å². The number of hydrogen-bond acceptors (Lipinski definition) is 2. The number of amides is 1. The number of halogens is 2. The predicted octanol–water partition coefficient (Wildman–Crippen LogP) is 2.00. The molecule has 1 amide bonds. The lowest BCUT2D eigenvalue weighted by Crippen LogP contribution is -2.45. The number of likely N-dealkylation sites (tertiary alicyclic amines) is 1. The van der Waals surface area contributed by atoms with Gasteiger partial charge in [0.2, 0.25) is 5.91 Å². The molecule has 1 saturated carbocycles. The minimum atomic E-state index is -2.61. The van der Waals surface area contributed by atoms with Crippen LogP contribution in [0.1, 0.15) is 38.5 Å². The molecule has 0 bridgehead atoms. The van der Waals surface area contributed by atoms with Crippen molar-refractivity contribution in [3.8, 4) is 0 Å². The Morgan fingerprint density at radius 2 is 1.71 bits per heavy atom. The van der Waals surface area contributed by atoms with E-state index in [2.05, 4.69) is 0 Å². The highest BCUT2D eigenvalue weighted by molar-refractivity contribution is 5.84. The summed E-state index contributed by atoms with van der Waals surface area (Å²) >= 11 is 0. The molecule has 1 heterocycles. The first-order chi connectivity index (χ1) is 7.98. The van der Waals surface area contributed by atoms with E-state index in [4.69, 9.17) is 0 Å². The van der Waals surface area contributed by atoms with E-state index in [1.54, 1.807) is 0 Å². The number of carbonyl (C=O) groups excluding carboxylic acids is 2. The standard InChI is InChI=1S/C12H17F2NO2/c13-12(14)5-7-15(8-6-12)11(17)9-1-3-10(16)4-2-9/h9H,1-8H2. The van der Waals surface area contributed by atoms with Crippen molar-refractivity contribution in [2.75, 3.05) is 13.1 Å². The number of alkyl halides is 2. The highest BCUT2D eigenvalue weighted by Gasteiger charge is 2.37. The predicted molar refractivity (Wildman–Crippen MR) is 57.7 cm³/mol. The third-order valence-corrected chi connectivity index (χ3v) is 3.70. The van der Waals surface area contributed by atoms with Gasteiger partial charge >= 0.3 is 0 Å². The molecule has 1 aliphatic heterocycles. The molecule has 0 unspecified atom stereocenters. The second-order valence-electron chi connectivity index (χ2n) is 4.99. The minimum absolute atomic E-state index is 0.0343. The van der Waals surface area contributed by atoms with Gasteiger partial charge in [-0.05, 0) is 12.8 Å². The number of nitrogens with zero attached hydrogens (tertiary/aromatic N) is 1. The lowest BCUT2D eigenvalue weighted by Gasteiger charge is -2.34. The van der Waals surface area contributed by atoms with Gasteiger partial charge in [-0.3, -0.25) is 9.59 Å². The lowest BCUT2D eigenvalue weighted by molar-refractivity contribution is -0.143. The molecule has 2 aliphatic rings. The summed E-state index contributed by atoms with van der Waals surface area (Å²) in [5.41, 5.74) is 0. The number of ketones is 1. The Balaban J connectivity index is 1.86. The number of carbonyl (C=O) groups is 2. The molecule has 17 heavy (non-hydrogen) atoms. The van der Waals surface area contributed by atoms with Crippen LogP contribution in [0.5, 0.6) is 0 Å². The van der Waals surface area contributed by atoms with Gasteiger partial charge in [-0.2, -0.15) is 0 Å². The van der Waals surface area contributed by atoms with Gasteiger partial charge in [-0.25, -0.2) is 8.78 Å². The molecule has 0 radical (unpaired) electrons. The van der Waals surface area contributed by atoms with Gasteiger partial charge in [0, 0.05) is 44.7 Å². The second kappa shape index (κ2) is 4.70. The first-order valence-electron chi connectivity index (χ1n) is 6.16. The first-order valence-corrected chi connectivity index (χ1v) is 6.16. The monoisotopic (exact) mass is 245 g/mol. The van der Waals surface area contributed by atoms with E-state index in [9.17, 15) is 18.4 Å². The molecule has 2 fully saturated rings. The fourth-order valence-electron chi connectivity index (χ4n) is 2.50. The van der Waals surface area contributed by atoms with E-state index < -0.39 is 5.92 Å². The van der Waals surface area contributed by atoms with Gasteiger partial charge in [0.05, 0.1) is 0 Å². The van der Waals surface area contributed by atoms with Crippen molar-refractivity contribution in [3.63, 3.8) is 0 Å². The first kappa shape index (κ1) is 12.5. The van der Waals surface area contributed by atoms with Crippen molar-refractivity contribution in [2.24, 2.45) is 5.92 Å². The van der Waals surface area contributed by atoms with Crippen molar-refractivity contribution in [1.82, 2.24) is 4.90 Å². The molecule has 1 saturated heterocycles. The summed E-state index contributed by atoms with van der Waals surface area (Å²) in [6.07, 6.45) is 1.63. The van der Waals surface area contributed by atoms with Crippen LogP contribution in [0.2, 0.25) is 0 Å². The summed E-state index contributed by atoms with van der Waals surface area (Å²) in [4.78, 5) is 24.6. The Bertz CT molecular complexity index is 310. The summed E-state index contributed by atoms with van der Waals surface area (Å²) in [5.74, 6) is -2.56. The maximum atomic E-state index is 13.0. The fourth-order valence-corrected chi connectivity index (χ4v) is 2.50. The Hall–Kier alpha value is -1.00. The van der Waals surface area contributed by atoms with Crippen molar-refractivity contribution in [1.29, 1.82) is 0 Å². The molecule has 0 atom stereocenters. The molecule has 0 spiro atoms. The Kier molecular flexibility index (Phi) is 3.45. The largest absolute Gasteiger partial charge is 0.342 e. The number of Topliss-reactive ketones (excluding diaryl/α,β-unsaturated/α-hetero) is 1. The van der Waals surface area contributed by atoms with Crippen LogP contribution in [0, 0.1) is 5.92 Å². The van der Waals surface area contributed by atoms with E-state index in [-0.39, 0.29) is 43.5 Å². The molecule has 0 aromatic heterocycles. The van der Waals surface area contributed by atoms with Crippen molar-refractivity contribution in [2.45, 2.75) is 44.4 Å². The second-order valence-corrected chi connectivity index (χ2v) is 4.99. The lowest BCUT2D eigenvalue weighted by atomic mass is 9.87. The molecule has 0 aromatic carbocycles. The van der Waals surface area contributed by atoms with Crippen molar-refractivity contribution in [3.05, 3.63) is 0 Å². The molecule has 2 rings (SSSR count). The SMILES string of the molecule is O=C1CCC(C(=O)N2CCC(F)(F)CC2)CC1. The molecule has 0 aromatic rings. The number of rotatable bonds is 1. The van der Waals surface area contributed by atoms with Crippen LogP contribution < -0.4 is 0 Å². The molecule has 3 nitrogen and oxygen atoms in total. The molecule has 5 heteroatoms. The highest BCUT2D eigenvalue weighted by Crippen LogP contribution is 2.30. The maximum Gasteiger partial charge on any atom is 0.251 e. The molecule has 96 valence electrons. The van der Waals surface area contributed by atoms with Gasteiger partial charge in [-0.1, -0.05) is 0 Å². The van der Waals surface area contributed by atoms with E-state index in [0.717, 1.165) is 0 Å². The third kappa shape index (κ3) is 3.01. The average Bonchev–Trinajstić information content (AvgIpc) is 2.29. The zero-order valence-corrected chi connectivity index (χ0v) is 9.75. The van der Waals surface area contributed by atoms with Crippen LogP contribution in [-0.2, 0) is 9.59 Å². The summed E-state index contributed by atoms with van der Waals surface area (Å²) in [6.45, 7) is 0.298. The molecule has 1 aliphatic carbocycles. The number of piperidine rings is 1. The zero-order chi connectivity index (χ0) is 12.5. The summed E-state index contributed by atoms with van der Waals surface area (Å²) < 4.78 is 25.9. The van der Waals surface area contributed by atoms with Crippen molar-refractivity contribution >= 4 is 11.7 Å². The molecule has 0 N–H and O–H groups in total. The van der Waals surface area contributed by atoms with Crippen molar-refractivity contribution < 1.29 is 18.4 Å². The van der Waals surface area contributed by atoms with E-state index in [1.165, 1.54) is 4.90 Å². The minimum Gasteiger partial charge on any atom is -0.342 e. The van der Waals surface area contributed by atoms with Crippen LogP contribution in [0.15, 0.2) is 0 Å². The van der Waals surface area contributed by atoms with Crippen LogP contribution in [0.25, 0.3) is 0 Å². The Morgan fingerprint density at radius 1 is 1.18 bits per heavy atom. The Labute approximate surface area is 99.2 Å². The van der Waals surface area contributed by atoms with Gasteiger partial charge in [0.1, 0.15) is 5.78 Å². The topological polar surface area (TPSA) is 37.4 Å². The average molecular weight is 245 g/mol. The van der Waals surface area contributed by atoms with Gasteiger partial charge in [-0.15, -0.1) is 0 Å². The van der Waals surface area contributed by atoms with Crippen LogP contribution in [0.3, 0.4) is 0 Å². The molecular formula is C12H17F2NO2.